The molecule has 0 aliphatic heterocycles. The minimum Gasteiger partial charge on any atom is -0.480 e. The van der Waals surface area contributed by atoms with Crippen molar-refractivity contribution in [2.24, 2.45) is 5.92 Å². The largest absolute Gasteiger partial charge is 0.480 e. The Hall–Kier alpha value is -3.53. The van der Waals surface area contributed by atoms with Gasteiger partial charge in [-0.1, -0.05) is 48.5 Å². The average Bonchev–Trinajstić information content (AvgIpc) is 3.63. The van der Waals surface area contributed by atoms with Gasteiger partial charge in [0.2, 0.25) is 0 Å². The van der Waals surface area contributed by atoms with E-state index in [-0.39, 0.29) is 12.5 Å². The maximum absolute atomic E-state index is 15.0. The quantitative estimate of drug-likeness (QED) is 0.408. The fourth-order valence-electron chi connectivity index (χ4n) is 4.48. The number of hydrogen-bond donors (Lipinski definition) is 4. The van der Waals surface area contributed by atoms with E-state index in [4.69, 9.17) is 14.9 Å². The number of fused-ring (bicyclic) bond motifs is 3. The molecule has 2 aromatic rings. The number of benzene rings is 2. The van der Waals surface area contributed by atoms with Crippen LogP contribution in [0.1, 0.15) is 36.3 Å². The molecule has 8 nitrogen and oxygen atoms in total. The summed E-state index contributed by atoms with van der Waals surface area (Å²) in [5.74, 6) is -8.34. The molecule has 4 rings (SSSR count). The van der Waals surface area contributed by atoms with Crippen LogP contribution in [0, 0.1) is 5.92 Å². The van der Waals surface area contributed by atoms with Gasteiger partial charge in [0.15, 0.2) is 0 Å². The summed E-state index contributed by atoms with van der Waals surface area (Å²) in [5, 5.41) is 21.9. The van der Waals surface area contributed by atoms with Gasteiger partial charge in [0, 0.05) is 18.9 Å². The van der Waals surface area contributed by atoms with Crippen LogP contribution in [-0.2, 0) is 14.3 Å². The number of hydrogen-bond acceptors (Lipinski definition) is 5. The first-order valence-electron chi connectivity index (χ1n) is 11.4. The molecule has 0 radical (unpaired) electrons. The van der Waals surface area contributed by atoms with E-state index in [9.17, 15) is 23.2 Å². The number of carbonyl (C=O) groups is 3. The van der Waals surface area contributed by atoms with Crippen LogP contribution in [0.25, 0.3) is 11.1 Å². The predicted octanol–water partition coefficient (Wildman–Crippen LogP) is 2.89. The summed E-state index contributed by atoms with van der Waals surface area (Å²) in [7, 11) is 0. The number of alkyl carbamates (subject to hydrolysis) is 1. The maximum atomic E-state index is 15.0. The number of ether oxygens (including phenoxy) is 1. The Morgan fingerprint density at radius 2 is 1.57 bits per heavy atom. The van der Waals surface area contributed by atoms with Crippen LogP contribution in [0.4, 0.5) is 13.6 Å². The lowest BCUT2D eigenvalue weighted by molar-refractivity contribution is -0.155. The van der Waals surface area contributed by atoms with Gasteiger partial charge >= 0.3 is 18.0 Å². The molecular formula is C25H26F2N2O6. The summed E-state index contributed by atoms with van der Waals surface area (Å²) >= 11 is 0. The standard InChI is InChI=1S/C25H26F2N2O6/c26-25(27,23(33)28-20(11-12-30)22(31)32)21(14-9-10-14)29-24(34)35-13-19-17-7-3-1-5-15(17)16-6-2-4-8-18(16)19/h1-8,14,19-21,30H,9-13H2,(H,28,33)(H,29,34)(H,31,32)/t20-,21?/m0/s1. The smallest absolute Gasteiger partial charge is 0.407 e. The molecule has 2 aliphatic rings. The van der Waals surface area contributed by atoms with Gasteiger partial charge in [0.1, 0.15) is 18.7 Å². The van der Waals surface area contributed by atoms with Gasteiger partial charge in [0.25, 0.3) is 5.91 Å². The summed E-state index contributed by atoms with van der Waals surface area (Å²) in [6.45, 7) is -0.681. The van der Waals surface area contributed by atoms with Gasteiger partial charge in [-0.3, -0.25) is 4.79 Å². The van der Waals surface area contributed by atoms with Crippen LogP contribution in [0.3, 0.4) is 0 Å². The van der Waals surface area contributed by atoms with Crippen LogP contribution in [0.5, 0.6) is 0 Å². The molecule has 35 heavy (non-hydrogen) atoms. The number of amides is 2. The van der Waals surface area contributed by atoms with Crippen LogP contribution < -0.4 is 10.6 Å². The van der Waals surface area contributed by atoms with E-state index in [2.05, 4.69) is 5.32 Å². The second-order valence-electron chi connectivity index (χ2n) is 8.78. The summed E-state index contributed by atoms with van der Waals surface area (Å²) in [4.78, 5) is 36.0. The molecule has 0 aromatic heterocycles. The van der Waals surface area contributed by atoms with Crippen molar-refractivity contribution in [3.05, 3.63) is 59.7 Å². The van der Waals surface area contributed by atoms with Crippen molar-refractivity contribution in [1.29, 1.82) is 0 Å². The molecule has 0 spiro atoms. The third kappa shape index (κ3) is 5.12. The fraction of sp³-hybridized carbons (Fsp3) is 0.400. The molecule has 0 bridgehead atoms. The fourth-order valence-corrected chi connectivity index (χ4v) is 4.48. The number of halogens is 2. The highest BCUT2D eigenvalue weighted by Crippen LogP contribution is 2.44. The van der Waals surface area contributed by atoms with E-state index in [0.717, 1.165) is 22.3 Å². The van der Waals surface area contributed by atoms with Gasteiger partial charge in [0.05, 0.1) is 0 Å². The maximum Gasteiger partial charge on any atom is 0.407 e. The van der Waals surface area contributed by atoms with Gasteiger partial charge < -0.3 is 25.6 Å². The Morgan fingerprint density at radius 1 is 1.00 bits per heavy atom. The highest BCUT2D eigenvalue weighted by molar-refractivity contribution is 5.89. The zero-order valence-electron chi connectivity index (χ0n) is 18.7. The van der Waals surface area contributed by atoms with Crippen molar-refractivity contribution in [3.63, 3.8) is 0 Å². The van der Waals surface area contributed by atoms with Gasteiger partial charge in [-0.25, -0.2) is 9.59 Å². The lowest BCUT2D eigenvalue weighted by Gasteiger charge is -2.28. The van der Waals surface area contributed by atoms with E-state index >= 15 is 0 Å². The number of alkyl halides is 2. The lowest BCUT2D eigenvalue weighted by atomic mass is 9.98. The minimum absolute atomic E-state index is 0.0768. The number of carbonyl (C=O) groups excluding carboxylic acids is 2. The van der Waals surface area contributed by atoms with Crippen molar-refractivity contribution < 1.29 is 38.1 Å². The third-order valence-electron chi connectivity index (χ3n) is 6.42. The molecule has 1 fully saturated rings. The van der Waals surface area contributed by atoms with Crippen molar-refractivity contribution >= 4 is 18.0 Å². The molecular weight excluding hydrogens is 462 g/mol. The van der Waals surface area contributed by atoms with Crippen molar-refractivity contribution in [3.8, 4) is 11.1 Å². The molecule has 2 atom stereocenters. The Balaban J connectivity index is 1.43. The highest BCUT2D eigenvalue weighted by atomic mass is 19.3. The van der Waals surface area contributed by atoms with Crippen LogP contribution >= 0.6 is 0 Å². The van der Waals surface area contributed by atoms with Crippen molar-refractivity contribution in [2.45, 2.75) is 43.2 Å². The normalized spacial score (nSPS) is 16.5. The van der Waals surface area contributed by atoms with E-state index in [0.29, 0.717) is 12.8 Å². The van der Waals surface area contributed by atoms with E-state index in [1.165, 1.54) is 0 Å². The Morgan fingerprint density at radius 3 is 2.09 bits per heavy atom. The molecule has 4 N–H and O–H groups in total. The highest BCUT2D eigenvalue weighted by Gasteiger charge is 2.55. The van der Waals surface area contributed by atoms with E-state index in [1.54, 1.807) is 5.32 Å². The average molecular weight is 488 g/mol. The van der Waals surface area contributed by atoms with Crippen molar-refractivity contribution in [2.75, 3.05) is 13.2 Å². The molecule has 0 saturated heterocycles. The summed E-state index contributed by atoms with van der Waals surface area (Å²) in [6, 6.07) is 11.9. The first kappa shape index (κ1) is 24.6. The molecule has 0 heterocycles. The van der Waals surface area contributed by atoms with Gasteiger partial charge in [-0.2, -0.15) is 8.78 Å². The van der Waals surface area contributed by atoms with E-state index in [1.807, 2.05) is 48.5 Å². The van der Waals surface area contributed by atoms with Crippen LogP contribution in [0.2, 0.25) is 0 Å². The zero-order valence-corrected chi connectivity index (χ0v) is 18.7. The van der Waals surface area contributed by atoms with Gasteiger partial charge in [-0.05, 0) is 41.0 Å². The third-order valence-corrected chi connectivity index (χ3v) is 6.42. The first-order chi connectivity index (χ1) is 16.7. The number of aliphatic hydroxyl groups excluding tert-OH is 1. The van der Waals surface area contributed by atoms with E-state index < -0.39 is 54.9 Å². The zero-order chi connectivity index (χ0) is 25.2. The minimum atomic E-state index is -4.07. The predicted molar refractivity (Wildman–Crippen MR) is 121 cm³/mol. The van der Waals surface area contributed by atoms with Crippen LogP contribution in [0.15, 0.2) is 48.5 Å². The second kappa shape index (κ2) is 9.99. The number of carboxylic acid groups (broad SMARTS) is 1. The summed E-state index contributed by atoms with van der Waals surface area (Å²) in [5.41, 5.74) is 3.97. The molecule has 10 heteroatoms. The van der Waals surface area contributed by atoms with Gasteiger partial charge in [-0.15, -0.1) is 0 Å². The Bertz CT molecular complexity index is 1080. The molecule has 186 valence electrons. The molecule has 2 amide bonds. The number of carboxylic acids is 1. The Labute approximate surface area is 200 Å². The first-order valence-corrected chi connectivity index (χ1v) is 11.4. The van der Waals surface area contributed by atoms with Crippen molar-refractivity contribution in [1.82, 2.24) is 10.6 Å². The monoisotopic (exact) mass is 488 g/mol. The lowest BCUT2D eigenvalue weighted by Crippen LogP contribution is -2.59. The number of aliphatic hydroxyl groups is 1. The molecule has 2 aromatic carbocycles. The SMILES string of the molecule is O=C(NC(C1CC1)C(F)(F)C(=O)N[C@@H](CCO)C(=O)O)OCC1c2ccccc2-c2ccccc21. The topological polar surface area (TPSA) is 125 Å². The summed E-state index contributed by atoms with van der Waals surface area (Å²) < 4.78 is 35.3. The molecule has 2 aliphatic carbocycles. The number of rotatable bonds is 10. The molecule has 1 saturated carbocycles. The van der Waals surface area contributed by atoms with Crippen LogP contribution in [-0.4, -0.2) is 59.4 Å². The Kier molecular flexibility index (Phi) is 7.02. The number of nitrogens with one attached hydrogen (secondary N) is 2. The summed E-state index contributed by atoms with van der Waals surface area (Å²) in [6.07, 6.45) is -0.737. The molecule has 1 unspecified atom stereocenters. The second-order valence-corrected chi connectivity index (χ2v) is 8.78. The number of aliphatic carboxylic acids is 1.